The lowest BCUT2D eigenvalue weighted by molar-refractivity contribution is -0.120. The Morgan fingerprint density at radius 3 is 2.79 bits per heavy atom. The summed E-state index contributed by atoms with van der Waals surface area (Å²) in [5, 5.41) is 2.93. The Labute approximate surface area is 142 Å². The number of aromatic nitrogens is 2. The van der Waals surface area contributed by atoms with Gasteiger partial charge in [0.2, 0.25) is 11.8 Å². The SMILES string of the molecule is Cc1ccc(CC(=O)NCc2ccnc(OC3CCCC3)c2)cn1. The van der Waals surface area contributed by atoms with E-state index in [-0.39, 0.29) is 12.0 Å². The molecule has 1 N–H and O–H groups in total. The van der Waals surface area contributed by atoms with Crippen LogP contribution in [0.15, 0.2) is 36.7 Å². The number of aryl methyl sites for hydroxylation is 1. The minimum Gasteiger partial charge on any atom is -0.474 e. The van der Waals surface area contributed by atoms with Crippen LogP contribution in [0.2, 0.25) is 0 Å². The van der Waals surface area contributed by atoms with E-state index in [0.717, 1.165) is 29.7 Å². The molecule has 2 aromatic heterocycles. The van der Waals surface area contributed by atoms with Crippen molar-refractivity contribution in [1.29, 1.82) is 0 Å². The molecular weight excluding hydrogens is 302 g/mol. The lowest BCUT2D eigenvalue weighted by Gasteiger charge is -2.13. The van der Waals surface area contributed by atoms with Gasteiger partial charge < -0.3 is 10.1 Å². The zero-order chi connectivity index (χ0) is 16.8. The summed E-state index contributed by atoms with van der Waals surface area (Å²) < 4.78 is 5.90. The molecule has 0 aliphatic heterocycles. The van der Waals surface area contributed by atoms with E-state index in [4.69, 9.17) is 4.74 Å². The van der Waals surface area contributed by atoms with Crippen LogP contribution in [0.3, 0.4) is 0 Å². The quantitative estimate of drug-likeness (QED) is 0.887. The molecule has 2 heterocycles. The minimum absolute atomic E-state index is 0.0178. The number of amides is 1. The highest BCUT2D eigenvalue weighted by atomic mass is 16.5. The molecule has 2 aromatic rings. The summed E-state index contributed by atoms with van der Waals surface area (Å²) in [4.78, 5) is 20.5. The highest BCUT2D eigenvalue weighted by Gasteiger charge is 2.17. The number of nitrogens with zero attached hydrogens (tertiary/aromatic N) is 2. The van der Waals surface area contributed by atoms with Crippen LogP contribution in [-0.4, -0.2) is 22.0 Å². The van der Waals surface area contributed by atoms with Gasteiger partial charge in [0, 0.05) is 30.7 Å². The zero-order valence-electron chi connectivity index (χ0n) is 14.0. The number of carbonyl (C=O) groups excluding carboxylic acids is 1. The van der Waals surface area contributed by atoms with Crippen LogP contribution in [0.5, 0.6) is 5.88 Å². The average Bonchev–Trinajstić information content (AvgIpc) is 3.08. The van der Waals surface area contributed by atoms with Crippen LogP contribution in [0.4, 0.5) is 0 Å². The van der Waals surface area contributed by atoms with Gasteiger partial charge in [0.1, 0.15) is 6.10 Å². The third-order valence-electron chi connectivity index (χ3n) is 4.22. The summed E-state index contributed by atoms with van der Waals surface area (Å²) in [5.74, 6) is 0.632. The second kappa shape index (κ2) is 7.90. The van der Waals surface area contributed by atoms with Crippen molar-refractivity contribution in [3.8, 4) is 5.88 Å². The van der Waals surface area contributed by atoms with Gasteiger partial charge in [-0.2, -0.15) is 0 Å². The van der Waals surface area contributed by atoms with Gasteiger partial charge in [0.25, 0.3) is 0 Å². The first kappa shape index (κ1) is 16.4. The van der Waals surface area contributed by atoms with Gasteiger partial charge in [0.05, 0.1) is 6.42 Å². The Kier molecular flexibility index (Phi) is 5.41. The Balaban J connectivity index is 1.50. The number of ether oxygens (including phenoxy) is 1. The Bertz CT molecular complexity index is 679. The largest absolute Gasteiger partial charge is 0.474 e. The number of hydrogen-bond acceptors (Lipinski definition) is 4. The number of pyridine rings is 2. The van der Waals surface area contributed by atoms with Crippen LogP contribution in [-0.2, 0) is 17.8 Å². The summed E-state index contributed by atoms with van der Waals surface area (Å²) in [6.07, 6.45) is 8.77. The van der Waals surface area contributed by atoms with Crippen molar-refractivity contribution in [2.75, 3.05) is 0 Å². The molecule has 1 aliphatic rings. The van der Waals surface area contributed by atoms with E-state index in [2.05, 4.69) is 15.3 Å². The summed E-state index contributed by atoms with van der Waals surface area (Å²) >= 11 is 0. The number of rotatable bonds is 6. The Morgan fingerprint density at radius 2 is 2.04 bits per heavy atom. The molecule has 0 bridgehead atoms. The van der Waals surface area contributed by atoms with E-state index in [1.165, 1.54) is 12.8 Å². The molecule has 1 amide bonds. The molecule has 1 saturated carbocycles. The topological polar surface area (TPSA) is 64.1 Å². The van der Waals surface area contributed by atoms with Gasteiger partial charge in [-0.25, -0.2) is 4.98 Å². The maximum atomic E-state index is 12.0. The second-order valence-electron chi connectivity index (χ2n) is 6.29. The van der Waals surface area contributed by atoms with Crippen molar-refractivity contribution in [2.24, 2.45) is 0 Å². The van der Waals surface area contributed by atoms with Crippen molar-refractivity contribution in [3.05, 3.63) is 53.5 Å². The Hall–Kier alpha value is -2.43. The molecule has 5 heteroatoms. The zero-order valence-corrected chi connectivity index (χ0v) is 14.0. The fourth-order valence-corrected chi connectivity index (χ4v) is 2.85. The predicted octanol–water partition coefficient (Wildman–Crippen LogP) is 2.97. The van der Waals surface area contributed by atoms with Gasteiger partial charge in [-0.1, -0.05) is 6.07 Å². The van der Waals surface area contributed by atoms with Crippen molar-refractivity contribution in [3.63, 3.8) is 0 Å². The van der Waals surface area contributed by atoms with Crippen molar-refractivity contribution >= 4 is 5.91 Å². The molecule has 0 spiro atoms. The fraction of sp³-hybridized carbons (Fsp3) is 0.421. The molecule has 3 rings (SSSR count). The highest BCUT2D eigenvalue weighted by Crippen LogP contribution is 2.23. The lowest BCUT2D eigenvalue weighted by atomic mass is 10.2. The molecule has 5 nitrogen and oxygen atoms in total. The monoisotopic (exact) mass is 325 g/mol. The molecule has 0 atom stereocenters. The molecular formula is C19H23N3O2. The fourth-order valence-electron chi connectivity index (χ4n) is 2.85. The third-order valence-corrected chi connectivity index (χ3v) is 4.22. The van der Waals surface area contributed by atoms with Crippen LogP contribution in [0.1, 0.15) is 42.5 Å². The van der Waals surface area contributed by atoms with Gasteiger partial charge in [-0.05, 0) is 55.9 Å². The number of hydrogen-bond donors (Lipinski definition) is 1. The van der Waals surface area contributed by atoms with E-state index in [0.29, 0.717) is 18.8 Å². The molecule has 126 valence electrons. The first-order chi connectivity index (χ1) is 11.7. The first-order valence-corrected chi connectivity index (χ1v) is 8.49. The lowest BCUT2D eigenvalue weighted by Crippen LogP contribution is -2.24. The third kappa shape index (κ3) is 4.78. The van der Waals surface area contributed by atoms with Crippen molar-refractivity contribution in [2.45, 2.75) is 51.7 Å². The average molecular weight is 325 g/mol. The van der Waals surface area contributed by atoms with E-state index in [1.807, 2.05) is 31.2 Å². The van der Waals surface area contributed by atoms with Gasteiger partial charge >= 0.3 is 0 Å². The van der Waals surface area contributed by atoms with Crippen molar-refractivity contribution < 1.29 is 9.53 Å². The summed E-state index contributed by atoms with van der Waals surface area (Å²) in [5.41, 5.74) is 2.86. The van der Waals surface area contributed by atoms with Crippen LogP contribution in [0, 0.1) is 6.92 Å². The molecule has 24 heavy (non-hydrogen) atoms. The highest BCUT2D eigenvalue weighted by molar-refractivity contribution is 5.78. The first-order valence-electron chi connectivity index (χ1n) is 8.49. The summed E-state index contributed by atoms with van der Waals surface area (Å²) in [7, 11) is 0. The summed E-state index contributed by atoms with van der Waals surface area (Å²) in [6, 6.07) is 7.65. The minimum atomic E-state index is -0.0178. The second-order valence-corrected chi connectivity index (χ2v) is 6.29. The maximum Gasteiger partial charge on any atom is 0.224 e. The van der Waals surface area contributed by atoms with E-state index < -0.39 is 0 Å². The van der Waals surface area contributed by atoms with Gasteiger partial charge in [-0.15, -0.1) is 0 Å². The van der Waals surface area contributed by atoms with Crippen LogP contribution in [0.25, 0.3) is 0 Å². The van der Waals surface area contributed by atoms with Gasteiger partial charge in [-0.3, -0.25) is 9.78 Å². The van der Waals surface area contributed by atoms with Crippen LogP contribution >= 0.6 is 0 Å². The smallest absolute Gasteiger partial charge is 0.224 e. The molecule has 0 aromatic carbocycles. The molecule has 1 fully saturated rings. The van der Waals surface area contributed by atoms with Gasteiger partial charge in [0.15, 0.2) is 0 Å². The summed E-state index contributed by atoms with van der Waals surface area (Å²) in [6.45, 7) is 2.40. The van der Waals surface area contributed by atoms with E-state index in [9.17, 15) is 4.79 Å². The number of nitrogens with one attached hydrogen (secondary N) is 1. The Morgan fingerprint density at radius 1 is 1.21 bits per heavy atom. The maximum absolute atomic E-state index is 12.0. The van der Waals surface area contributed by atoms with Crippen molar-refractivity contribution in [1.82, 2.24) is 15.3 Å². The molecule has 1 aliphatic carbocycles. The standard InChI is InChI=1S/C19H23N3O2/c1-14-6-7-15(12-21-14)10-18(23)22-13-16-8-9-20-19(11-16)24-17-4-2-3-5-17/h6-9,11-12,17H,2-5,10,13H2,1H3,(H,22,23). The number of carbonyl (C=O) groups is 1. The van der Waals surface area contributed by atoms with Crippen LogP contribution < -0.4 is 10.1 Å². The molecule has 0 unspecified atom stereocenters. The molecule has 0 radical (unpaired) electrons. The normalized spacial score (nSPS) is 14.5. The predicted molar refractivity (Wildman–Crippen MR) is 91.6 cm³/mol. The molecule has 0 saturated heterocycles. The van der Waals surface area contributed by atoms with E-state index >= 15 is 0 Å². The van der Waals surface area contributed by atoms with E-state index in [1.54, 1.807) is 12.4 Å².